The summed E-state index contributed by atoms with van der Waals surface area (Å²) in [5.41, 5.74) is 1.72. The van der Waals surface area contributed by atoms with E-state index in [2.05, 4.69) is 5.32 Å². The second-order valence-corrected chi connectivity index (χ2v) is 10.6. The smallest absolute Gasteiger partial charge is 0.261 e. The molecule has 1 atom stereocenters. The number of halogens is 2. The number of methoxy groups -OCH3 is 1. The number of nitrogens with zero attached hydrogens (tertiary/aromatic N) is 1. The minimum absolute atomic E-state index is 0.108. The summed E-state index contributed by atoms with van der Waals surface area (Å²) in [4.78, 5) is 29.2. The van der Waals surface area contributed by atoms with Gasteiger partial charge in [0.2, 0.25) is 5.91 Å². The highest BCUT2D eigenvalue weighted by molar-refractivity contribution is 6.42. The van der Waals surface area contributed by atoms with Crippen molar-refractivity contribution in [3.05, 3.63) is 94.0 Å². The summed E-state index contributed by atoms with van der Waals surface area (Å²) in [6.07, 6.45) is 5.62. The first kappa shape index (κ1) is 28.8. The summed E-state index contributed by atoms with van der Waals surface area (Å²) in [7, 11) is 1.55. The third-order valence-electron chi connectivity index (χ3n) is 6.98. The minimum atomic E-state index is -0.752. The standard InChI is InChI=1S/C31H34Cl2N2O4/c1-38-28-14-8-9-15-29(28)39-21-30(36)35(20-23-16-17-25(32)26(33)18-23)27(19-22-10-4-2-5-11-22)31(37)34-24-12-6-3-7-13-24/h2,4-5,8-11,14-18,24,27H,3,6-7,12-13,19-21H2,1H3,(H,34,37)/t27-/m0/s1. The largest absolute Gasteiger partial charge is 0.493 e. The molecule has 0 bridgehead atoms. The van der Waals surface area contributed by atoms with Gasteiger partial charge in [0.1, 0.15) is 6.04 Å². The second-order valence-electron chi connectivity index (χ2n) is 9.76. The van der Waals surface area contributed by atoms with Crippen molar-refractivity contribution in [2.75, 3.05) is 13.7 Å². The molecule has 1 saturated carbocycles. The Balaban J connectivity index is 1.63. The molecule has 39 heavy (non-hydrogen) atoms. The average molecular weight is 570 g/mol. The predicted molar refractivity (Wildman–Crippen MR) is 154 cm³/mol. The zero-order valence-electron chi connectivity index (χ0n) is 22.1. The van der Waals surface area contributed by atoms with Crippen LogP contribution in [0, 0.1) is 0 Å². The molecule has 0 radical (unpaired) electrons. The number of ether oxygens (including phenoxy) is 2. The van der Waals surface area contributed by atoms with Gasteiger partial charge in [-0.3, -0.25) is 9.59 Å². The Morgan fingerprint density at radius 1 is 0.897 bits per heavy atom. The van der Waals surface area contributed by atoms with E-state index in [4.69, 9.17) is 32.7 Å². The fourth-order valence-corrected chi connectivity index (χ4v) is 5.21. The van der Waals surface area contributed by atoms with E-state index in [1.165, 1.54) is 6.42 Å². The Morgan fingerprint density at radius 2 is 1.59 bits per heavy atom. The van der Waals surface area contributed by atoms with Crippen LogP contribution in [0.2, 0.25) is 10.0 Å². The number of benzene rings is 3. The summed E-state index contributed by atoms with van der Waals surface area (Å²) in [6.45, 7) is -0.0930. The lowest BCUT2D eigenvalue weighted by Gasteiger charge is -2.33. The fraction of sp³-hybridized carbons (Fsp3) is 0.355. The molecule has 4 rings (SSSR count). The molecule has 2 amide bonds. The van der Waals surface area contributed by atoms with Gasteiger partial charge < -0.3 is 19.7 Å². The van der Waals surface area contributed by atoms with Crippen LogP contribution in [-0.2, 0) is 22.6 Å². The maximum absolute atomic E-state index is 13.8. The zero-order valence-corrected chi connectivity index (χ0v) is 23.6. The summed E-state index contributed by atoms with van der Waals surface area (Å²) in [5.74, 6) is 0.481. The van der Waals surface area contributed by atoms with Crippen molar-refractivity contribution in [2.45, 2.75) is 57.2 Å². The van der Waals surface area contributed by atoms with Crippen molar-refractivity contribution in [1.82, 2.24) is 10.2 Å². The number of para-hydroxylation sites is 2. The van der Waals surface area contributed by atoms with Crippen molar-refractivity contribution in [1.29, 1.82) is 0 Å². The van der Waals surface area contributed by atoms with E-state index in [9.17, 15) is 9.59 Å². The third kappa shape index (κ3) is 8.13. The van der Waals surface area contributed by atoms with E-state index >= 15 is 0 Å². The molecule has 1 aliphatic carbocycles. The molecule has 6 nitrogen and oxygen atoms in total. The highest BCUT2D eigenvalue weighted by atomic mass is 35.5. The van der Waals surface area contributed by atoms with Gasteiger partial charge in [0.25, 0.3) is 5.91 Å². The molecule has 3 aromatic carbocycles. The Morgan fingerprint density at radius 3 is 2.28 bits per heavy atom. The van der Waals surface area contributed by atoms with Gasteiger partial charge in [-0.1, -0.05) is 91.0 Å². The molecule has 0 spiro atoms. The molecular formula is C31H34Cl2N2O4. The van der Waals surface area contributed by atoms with Gasteiger partial charge >= 0.3 is 0 Å². The first-order valence-electron chi connectivity index (χ1n) is 13.3. The molecule has 3 aromatic rings. The van der Waals surface area contributed by atoms with Crippen LogP contribution < -0.4 is 14.8 Å². The number of rotatable bonds is 11. The van der Waals surface area contributed by atoms with Crippen LogP contribution in [0.15, 0.2) is 72.8 Å². The Labute approximate surface area is 240 Å². The number of hydrogen-bond donors (Lipinski definition) is 1. The highest BCUT2D eigenvalue weighted by Crippen LogP contribution is 2.27. The van der Waals surface area contributed by atoms with E-state index < -0.39 is 6.04 Å². The quantitative estimate of drug-likeness (QED) is 0.288. The third-order valence-corrected chi connectivity index (χ3v) is 7.72. The van der Waals surface area contributed by atoms with Gasteiger partial charge in [0, 0.05) is 19.0 Å². The lowest BCUT2D eigenvalue weighted by atomic mass is 9.94. The number of amides is 2. The second kappa shape index (κ2) is 14.2. The molecule has 0 saturated heterocycles. The molecule has 1 fully saturated rings. The van der Waals surface area contributed by atoms with E-state index in [1.807, 2.05) is 48.5 Å². The maximum atomic E-state index is 13.8. The average Bonchev–Trinajstić information content (AvgIpc) is 2.96. The molecule has 206 valence electrons. The first-order chi connectivity index (χ1) is 18.9. The Kier molecular flexibility index (Phi) is 10.5. The molecule has 0 aliphatic heterocycles. The first-order valence-corrected chi connectivity index (χ1v) is 14.0. The van der Waals surface area contributed by atoms with Crippen LogP contribution in [0.25, 0.3) is 0 Å². The molecule has 8 heteroatoms. The van der Waals surface area contributed by atoms with Crippen LogP contribution in [0.4, 0.5) is 0 Å². The molecule has 1 N–H and O–H groups in total. The lowest BCUT2D eigenvalue weighted by Crippen LogP contribution is -2.53. The summed E-state index contributed by atoms with van der Waals surface area (Å²) < 4.78 is 11.3. The summed E-state index contributed by atoms with van der Waals surface area (Å²) >= 11 is 12.4. The zero-order chi connectivity index (χ0) is 27.6. The normalized spacial score (nSPS) is 14.3. The summed E-state index contributed by atoms with van der Waals surface area (Å²) in [6, 6.07) is 21.5. The van der Waals surface area contributed by atoms with Gasteiger partial charge in [-0.15, -0.1) is 0 Å². The monoisotopic (exact) mass is 568 g/mol. The Hall–Kier alpha value is -3.22. The van der Waals surface area contributed by atoms with Gasteiger partial charge in [-0.25, -0.2) is 0 Å². The van der Waals surface area contributed by atoms with Crippen molar-refractivity contribution < 1.29 is 19.1 Å². The van der Waals surface area contributed by atoms with E-state index in [1.54, 1.807) is 36.3 Å². The maximum Gasteiger partial charge on any atom is 0.261 e. The number of carbonyl (C=O) groups excluding carboxylic acids is 2. The Bertz CT molecular complexity index is 1250. The topological polar surface area (TPSA) is 67.9 Å². The number of hydrogen-bond acceptors (Lipinski definition) is 4. The van der Waals surface area contributed by atoms with Crippen LogP contribution >= 0.6 is 23.2 Å². The summed E-state index contributed by atoms with van der Waals surface area (Å²) in [5, 5.41) is 4.04. The van der Waals surface area contributed by atoms with Gasteiger partial charge in [-0.2, -0.15) is 0 Å². The van der Waals surface area contributed by atoms with Crippen molar-refractivity contribution >= 4 is 35.0 Å². The predicted octanol–water partition coefficient (Wildman–Crippen LogP) is 6.47. The number of carbonyl (C=O) groups is 2. The van der Waals surface area contributed by atoms with Gasteiger partial charge in [0.15, 0.2) is 18.1 Å². The van der Waals surface area contributed by atoms with E-state index in [0.29, 0.717) is 28.0 Å². The molecule has 0 aromatic heterocycles. The van der Waals surface area contributed by atoms with Crippen molar-refractivity contribution in [3.63, 3.8) is 0 Å². The van der Waals surface area contributed by atoms with Crippen LogP contribution in [0.1, 0.15) is 43.2 Å². The van der Waals surface area contributed by atoms with Crippen LogP contribution in [0.3, 0.4) is 0 Å². The molecule has 0 unspecified atom stereocenters. The van der Waals surface area contributed by atoms with Gasteiger partial charge in [-0.05, 0) is 48.2 Å². The molecule has 1 aliphatic rings. The fourth-order valence-electron chi connectivity index (χ4n) is 4.89. The van der Waals surface area contributed by atoms with E-state index in [0.717, 1.165) is 36.8 Å². The van der Waals surface area contributed by atoms with Gasteiger partial charge in [0.05, 0.1) is 17.2 Å². The van der Waals surface area contributed by atoms with E-state index in [-0.39, 0.29) is 31.0 Å². The highest BCUT2D eigenvalue weighted by Gasteiger charge is 2.32. The number of nitrogens with one attached hydrogen (secondary N) is 1. The molecular weight excluding hydrogens is 535 g/mol. The minimum Gasteiger partial charge on any atom is -0.493 e. The SMILES string of the molecule is COc1ccccc1OCC(=O)N(Cc1ccc(Cl)c(Cl)c1)[C@@H](Cc1ccccc1)C(=O)NC1CCCCC1. The van der Waals surface area contributed by atoms with Crippen molar-refractivity contribution in [3.8, 4) is 11.5 Å². The lowest BCUT2D eigenvalue weighted by molar-refractivity contribution is -0.143. The van der Waals surface area contributed by atoms with Crippen LogP contribution in [-0.4, -0.2) is 42.5 Å². The molecule has 0 heterocycles. The van der Waals surface area contributed by atoms with Crippen molar-refractivity contribution in [2.24, 2.45) is 0 Å². The van der Waals surface area contributed by atoms with Crippen LogP contribution in [0.5, 0.6) is 11.5 Å².